The van der Waals surface area contributed by atoms with Crippen LogP contribution in [0.15, 0.2) is 0 Å². The fourth-order valence-corrected chi connectivity index (χ4v) is 6.62. The summed E-state index contributed by atoms with van der Waals surface area (Å²) in [5.41, 5.74) is 0. The van der Waals surface area contributed by atoms with E-state index in [1.807, 2.05) is 0 Å². The van der Waals surface area contributed by atoms with Crippen LogP contribution in [-0.4, -0.2) is 71.3 Å². The first-order valence-electron chi connectivity index (χ1n) is 18.6. The normalized spacial score (nSPS) is 21.5. The van der Waals surface area contributed by atoms with Crippen LogP contribution in [0.3, 0.4) is 0 Å². The van der Waals surface area contributed by atoms with Crippen LogP contribution in [0.4, 0.5) is 0 Å². The fraction of sp³-hybridized carbons (Fsp3) is 0.943. The van der Waals surface area contributed by atoms with E-state index in [0.29, 0.717) is 12.8 Å². The molecular weight excluding hydrogens is 627 g/mol. The molecule has 1 fully saturated rings. The van der Waals surface area contributed by atoms with Crippen molar-refractivity contribution in [2.45, 2.75) is 199 Å². The van der Waals surface area contributed by atoms with E-state index in [1.165, 1.54) is 97.0 Å². The summed E-state index contributed by atoms with van der Waals surface area (Å²) in [5.74, 6) is -1.19. The highest BCUT2D eigenvalue weighted by Crippen LogP contribution is 2.42. The number of phosphoric acid groups is 1. The first-order chi connectivity index (χ1) is 22.7. The second-order valence-electron chi connectivity index (χ2n) is 13.0. The molecular formula is C35H67O11P. The number of aliphatic hydroxyl groups is 1. The zero-order chi connectivity index (χ0) is 34.8. The van der Waals surface area contributed by atoms with Gasteiger partial charge in [0.1, 0.15) is 12.2 Å². The lowest BCUT2D eigenvalue weighted by atomic mass is 9.98. The van der Waals surface area contributed by atoms with Crippen LogP contribution >= 0.6 is 7.82 Å². The maximum Gasteiger partial charge on any atom is 0.470 e. The third-order valence-corrected chi connectivity index (χ3v) is 9.28. The quantitative estimate of drug-likeness (QED) is 0.0379. The zero-order valence-electron chi connectivity index (χ0n) is 29.6. The third-order valence-electron chi connectivity index (χ3n) is 8.77. The van der Waals surface area contributed by atoms with Crippen molar-refractivity contribution in [3.05, 3.63) is 0 Å². The Labute approximate surface area is 284 Å². The molecule has 1 saturated heterocycles. The van der Waals surface area contributed by atoms with Gasteiger partial charge >= 0.3 is 19.8 Å². The van der Waals surface area contributed by atoms with Gasteiger partial charge in [0, 0.05) is 20.0 Å². The molecule has 0 saturated carbocycles. The van der Waals surface area contributed by atoms with Gasteiger partial charge in [-0.25, -0.2) is 4.57 Å². The number of phosphoric ester groups is 1. The molecule has 0 aromatic heterocycles. The lowest BCUT2D eigenvalue weighted by Crippen LogP contribution is -2.62. The topological polar surface area (TPSA) is 158 Å². The largest absolute Gasteiger partial charge is 0.470 e. The van der Waals surface area contributed by atoms with E-state index >= 15 is 0 Å². The molecule has 0 radical (unpaired) electrons. The highest BCUT2D eigenvalue weighted by molar-refractivity contribution is 7.46. The number of hydrogen-bond acceptors (Lipinski definition) is 9. The Kier molecular flexibility index (Phi) is 25.9. The Hall–Kier alpha value is -1.07. The van der Waals surface area contributed by atoms with E-state index in [9.17, 15) is 29.0 Å². The van der Waals surface area contributed by atoms with E-state index in [2.05, 4.69) is 13.8 Å². The van der Waals surface area contributed by atoms with Crippen molar-refractivity contribution >= 4 is 19.8 Å². The number of esters is 2. The van der Waals surface area contributed by atoms with Crippen LogP contribution in [0.25, 0.3) is 0 Å². The lowest BCUT2D eigenvalue weighted by Gasteiger charge is -2.43. The molecule has 5 atom stereocenters. The van der Waals surface area contributed by atoms with Crippen LogP contribution in [0, 0.1) is 0 Å². The maximum atomic E-state index is 12.9. The summed E-state index contributed by atoms with van der Waals surface area (Å²) in [7, 11) is -3.80. The Balaban J connectivity index is 2.63. The minimum atomic E-state index is -5.11. The van der Waals surface area contributed by atoms with Crippen LogP contribution in [0.1, 0.15) is 168 Å². The standard InChI is InChI=1S/C35H67O11P/c1-4-6-8-10-12-14-16-18-20-22-24-26-30(37)44-33-32(46-47(39,40)41)29(28-36)43-35(42-3)34(33)45-31(38)27-25-23-21-19-17-15-13-11-9-7-5-2/h29,32-36H,4-28H2,1-3H3,(H2,39,40,41)/t29-,32-,33+,34-,35+/m1/s1. The van der Waals surface area contributed by atoms with Crippen molar-refractivity contribution in [2.75, 3.05) is 13.7 Å². The number of carbonyl (C=O) groups is 2. The van der Waals surface area contributed by atoms with Crippen molar-refractivity contribution in [3.8, 4) is 0 Å². The summed E-state index contributed by atoms with van der Waals surface area (Å²) < 4.78 is 39.1. The van der Waals surface area contributed by atoms with Gasteiger partial charge in [-0.05, 0) is 12.8 Å². The van der Waals surface area contributed by atoms with Gasteiger partial charge in [-0.1, -0.05) is 142 Å². The summed E-state index contributed by atoms with van der Waals surface area (Å²) >= 11 is 0. The molecule has 0 aliphatic carbocycles. The molecule has 12 heteroatoms. The highest BCUT2D eigenvalue weighted by Gasteiger charge is 2.53. The van der Waals surface area contributed by atoms with Crippen molar-refractivity contribution in [3.63, 3.8) is 0 Å². The predicted molar refractivity (Wildman–Crippen MR) is 182 cm³/mol. The predicted octanol–water partition coefficient (Wildman–Crippen LogP) is 8.05. The third kappa shape index (κ3) is 21.6. The van der Waals surface area contributed by atoms with E-state index in [1.54, 1.807) is 0 Å². The highest BCUT2D eigenvalue weighted by atomic mass is 31.2. The zero-order valence-corrected chi connectivity index (χ0v) is 30.5. The molecule has 0 amide bonds. The molecule has 1 aliphatic heterocycles. The van der Waals surface area contributed by atoms with Crippen LogP contribution in [0.5, 0.6) is 0 Å². The second kappa shape index (κ2) is 27.7. The lowest BCUT2D eigenvalue weighted by molar-refractivity contribution is -0.298. The molecule has 0 unspecified atom stereocenters. The molecule has 0 spiro atoms. The minimum absolute atomic E-state index is 0.0812. The Morgan fingerprint density at radius 2 is 0.957 bits per heavy atom. The van der Waals surface area contributed by atoms with E-state index in [-0.39, 0.29) is 12.8 Å². The van der Waals surface area contributed by atoms with Crippen molar-refractivity contribution in [1.82, 2.24) is 0 Å². The molecule has 0 bridgehead atoms. The number of ether oxygens (including phenoxy) is 4. The van der Waals surface area contributed by atoms with Crippen LogP contribution in [0.2, 0.25) is 0 Å². The van der Waals surface area contributed by atoms with Crippen LogP contribution < -0.4 is 0 Å². The average Bonchev–Trinajstić information content (AvgIpc) is 3.03. The average molecular weight is 695 g/mol. The summed E-state index contributed by atoms with van der Waals surface area (Å²) in [6.45, 7) is 3.73. The van der Waals surface area contributed by atoms with E-state index in [0.717, 1.165) is 38.5 Å². The number of unbranched alkanes of at least 4 members (excludes halogenated alkanes) is 20. The molecule has 1 aliphatic rings. The van der Waals surface area contributed by atoms with Crippen LogP contribution in [-0.2, 0) is 37.6 Å². The molecule has 3 N–H and O–H groups in total. The van der Waals surface area contributed by atoms with E-state index < -0.39 is 57.1 Å². The number of carbonyl (C=O) groups excluding carboxylic acids is 2. The summed E-state index contributed by atoms with van der Waals surface area (Å²) in [6, 6.07) is 0. The first kappa shape index (κ1) is 44.0. The Morgan fingerprint density at radius 3 is 1.30 bits per heavy atom. The van der Waals surface area contributed by atoms with Gasteiger partial charge in [0.05, 0.1) is 6.61 Å². The van der Waals surface area contributed by atoms with Gasteiger partial charge < -0.3 is 33.8 Å². The molecule has 1 rings (SSSR count). The smallest absolute Gasteiger partial charge is 0.455 e. The van der Waals surface area contributed by atoms with Crippen molar-refractivity contribution < 1.29 is 52.5 Å². The minimum Gasteiger partial charge on any atom is -0.455 e. The monoisotopic (exact) mass is 694 g/mol. The molecule has 0 aromatic rings. The van der Waals surface area contributed by atoms with Gasteiger partial charge in [0.15, 0.2) is 18.5 Å². The summed E-state index contributed by atoms with van der Waals surface area (Å²) in [4.78, 5) is 45.0. The first-order valence-corrected chi connectivity index (χ1v) is 20.1. The Morgan fingerprint density at radius 1 is 0.596 bits per heavy atom. The maximum absolute atomic E-state index is 12.9. The number of rotatable bonds is 30. The Bertz CT molecular complexity index is 836. The van der Waals surface area contributed by atoms with Crippen molar-refractivity contribution in [1.29, 1.82) is 0 Å². The van der Waals surface area contributed by atoms with Gasteiger partial charge in [-0.3, -0.25) is 14.1 Å². The van der Waals surface area contributed by atoms with Crippen molar-refractivity contribution in [2.24, 2.45) is 0 Å². The number of methoxy groups -OCH3 is 1. The molecule has 47 heavy (non-hydrogen) atoms. The van der Waals surface area contributed by atoms with E-state index in [4.69, 9.17) is 23.5 Å². The molecule has 1 heterocycles. The molecule has 11 nitrogen and oxygen atoms in total. The second-order valence-corrected chi connectivity index (χ2v) is 14.2. The number of hydrogen-bond donors (Lipinski definition) is 3. The summed E-state index contributed by atoms with van der Waals surface area (Å²) in [6.07, 6.45) is 18.1. The fourth-order valence-electron chi connectivity index (χ4n) is 6.05. The van der Waals surface area contributed by atoms with Gasteiger partial charge in [0.2, 0.25) is 0 Å². The number of aliphatic hydroxyl groups excluding tert-OH is 1. The SMILES string of the molecule is CCCCCCCCCCCCCC(=O)O[C@@H]1[C@@H](OC(=O)CCCCCCCCCCCCC)[C@@H](OC)O[C@H](CO)[C@H]1OP(=O)(O)O. The van der Waals surface area contributed by atoms with Gasteiger partial charge in [-0.2, -0.15) is 0 Å². The summed E-state index contributed by atoms with van der Waals surface area (Å²) in [5, 5.41) is 9.91. The molecule has 278 valence electrons. The van der Waals surface area contributed by atoms with Gasteiger partial charge in [-0.15, -0.1) is 0 Å². The molecule has 0 aromatic carbocycles. The van der Waals surface area contributed by atoms with Gasteiger partial charge in [0.25, 0.3) is 0 Å².